The largest absolute Gasteiger partial charge is 0.393 e. The molecule has 1 aromatic carbocycles. The average molecular weight is 513 g/mol. The molecule has 180 valence electrons. The Labute approximate surface area is 203 Å². The van der Waals surface area contributed by atoms with Crippen molar-refractivity contribution in [2.24, 2.45) is 5.92 Å². The molecule has 2 aromatic heterocycles. The molecule has 2 aliphatic heterocycles. The molecule has 7 nitrogen and oxygen atoms in total. The van der Waals surface area contributed by atoms with E-state index in [0.717, 1.165) is 5.39 Å². The fourth-order valence-electron chi connectivity index (χ4n) is 4.94. The van der Waals surface area contributed by atoms with E-state index in [9.17, 15) is 18.0 Å². The maximum absolute atomic E-state index is 14.0. The highest BCUT2D eigenvalue weighted by Gasteiger charge is 2.52. The van der Waals surface area contributed by atoms with Gasteiger partial charge in [0.25, 0.3) is 0 Å². The van der Waals surface area contributed by atoms with Crippen molar-refractivity contribution >= 4 is 51.6 Å². The molecular formula is C22H21Cl2F3N6O. The van der Waals surface area contributed by atoms with Gasteiger partial charge in [0.15, 0.2) is 0 Å². The molecule has 3 aromatic rings. The summed E-state index contributed by atoms with van der Waals surface area (Å²) in [6, 6.07) is 4.93. The molecule has 0 aliphatic carbocycles. The molecule has 0 radical (unpaired) electrons. The van der Waals surface area contributed by atoms with Crippen LogP contribution in [0.15, 0.2) is 36.8 Å². The molecule has 2 aliphatic rings. The van der Waals surface area contributed by atoms with Crippen LogP contribution in [0.5, 0.6) is 0 Å². The monoisotopic (exact) mass is 512 g/mol. The Morgan fingerprint density at radius 3 is 2.59 bits per heavy atom. The van der Waals surface area contributed by atoms with Crippen LogP contribution in [-0.4, -0.2) is 63.7 Å². The summed E-state index contributed by atoms with van der Waals surface area (Å²) < 4.78 is 42.0. The van der Waals surface area contributed by atoms with Gasteiger partial charge < -0.3 is 20.1 Å². The molecule has 5 rings (SSSR count). The number of aromatic amines is 1. The zero-order valence-electron chi connectivity index (χ0n) is 17.8. The smallest absolute Gasteiger partial charge is 0.374 e. The van der Waals surface area contributed by atoms with Crippen LogP contribution in [0.25, 0.3) is 11.0 Å². The van der Waals surface area contributed by atoms with Gasteiger partial charge in [-0.25, -0.2) is 9.97 Å². The van der Waals surface area contributed by atoms with Gasteiger partial charge >= 0.3 is 6.18 Å². The number of carbonyl (C=O) groups is 1. The molecule has 4 heterocycles. The lowest BCUT2D eigenvalue weighted by atomic mass is 9.89. The molecular weight excluding hydrogens is 492 g/mol. The van der Waals surface area contributed by atoms with E-state index < -0.39 is 24.2 Å². The Morgan fingerprint density at radius 2 is 1.85 bits per heavy atom. The number of amides is 1. The van der Waals surface area contributed by atoms with Gasteiger partial charge in [0.2, 0.25) is 5.91 Å². The standard InChI is InChI=1S/C22H21Cl2F3N6O/c23-12-7-13(24)9-14(8-12)31-17-3-6-33(21(17)34)18-10-32(5-2-16(18)22(25,26)27)20-15-1-4-28-19(15)29-11-30-20/h1,4,7-9,11,16-18,31H,2-3,5-6,10H2,(H,28,29,30). The van der Waals surface area contributed by atoms with E-state index in [0.29, 0.717) is 33.6 Å². The van der Waals surface area contributed by atoms with E-state index in [-0.39, 0.29) is 32.0 Å². The summed E-state index contributed by atoms with van der Waals surface area (Å²) in [5.74, 6) is -1.42. The van der Waals surface area contributed by atoms with Crippen molar-refractivity contribution in [1.82, 2.24) is 19.9 Å². The van der Waals surface area contributed by atoms with Crippen LogP contribution >= 0.6 is 23.2 Å². The molecule has 0 bridgehead atoms. The van der Waals surface area contributed by atoms with Crippen LogP contribution < -0.4 is 10.2 Å². The molecule has 0 saturated carbocycles. The number of H-pyrrole nitrogens is 1. The number of hydrogen-bond acceptors (Lipinski definition) is 5. The fourth-order valence-corrected chi connectivity index (χ4v) is 5.46. The minimum absolute atomic E-state index is 0.0307. The van der Waals surface area contributed by atoms with Crippen LogP contribution in [0.3, 0.4) is 0 Å². The van der Waals surface area contributed by atoms with Crippen molar-refractivity contribution in [3.8, 4) is 0 Å². The van der Waals surface area contributed by atoms with Crippen molar-refractivity contribution in [3.63, 3.8) is 0 Å². The van der Waals surface area contributed by atoms with Gasteiger partial charge in [-0.1, -0.05) is 23.2 Å². The summed E-state index contributed by atoms with van der Waals surface area (Å²) >= 11 is 12.1. The normalized spacial score (nSPS) is 23.7. The SMILES string of the molecule is O=C1C(Nc2cc(Cl)cc(Cl)c2)CCN1C1CN(c2ncnc3[nH]ccc23)CCC1C(F)(F)F. The predicted molar refractivity (Wildman–Crippen MR) is 124 cm³/mol. The van der Waals surface area contributed by atoms with E-state index in [1.54, 1.807) is 30.5 Å². The van der Waals surface area contributed by atoms with Gasteiger partial charge in [-0.05, 0) is 37.1 Å². The van der Waals surface area contributed by atoms with E-state index in [4.69, 9.17) is 23.2 Å². The van der Waals surface area contributed by atoms with Crippen LogP contribution in [0.1, 0.15) is 12.8 Å². The number of nitrogens with one attached hydrogen (secondary N) is 2. The Kier molecular flexibility index (Phi) is 5.97. The minimum Gasteiger partial charge on any atom is -0.374 e. The van der Waals surface area contributed by atoms with E-state index >= 15 is 0 Å². The summed E-state index contributed by atoms with van der Waals surface area (Å²) in [7, 11) is 0. The maximum atomic E-state index is 14.0. The number of aromatic nitrogens is 3. The molecule has 2 N–H and O–H groups in total. The average Bonchev–Trinajstić information content (AvgIpc) is 3.39. The predicted octanol–water partition coefficient (Wildman–Crippen LogP) is 4.73. The first-order valence-corrected chi connectivity index (χ1v) is 11.6. The molecule has 3 unspecified atom stereocenters. The van der Waals surface area contributed by atoms with Gasteiger partial charge in [0, 0.05) is 41.6 Å². The van der Waals surface area contributed by atoms with Crippen molar-refractivity contribution in [2.45, 2.75) is 31.1 Å². The van der Waals surface area contributed by atoms with Gasteiger partial charge in [-0.2, -0.15) is 13.2 Å². The number of nitrogens with zero attached hydrogens (tertiary/aromatic N) is 4. The van der Waals surface area contributed by atoms with Crippen LogP contribution in [0.2, 0.25) is 10.0 Å². The van der Waals surface area contributed by atoms with Crippen LogP contribution in [0, 0.1) is 5.92 Å². The van der Waals surface area contributed by atoms with Crippen molar-refractivity contribution in [3.05, 3.63) is 46.8 Å². The second kappa shape index (κ2) is 8.81. The zero-order chi connectivity index (χ0) is 24.0. The van der Waals surface area contributed by atoms with Crippen molar-refractivity contribution < 1.29 is 18.0 Å². The van der Waals surface area contributed by atoms with Crippen molar-refractivity contribution in [2.75, 3.05) is 29.9 Å². The van der Waals surface area contributed by atoms with Crippen LogP contribution in [-0.2, 0) is 4.79 Å². The number of rotatable bonds is 4. The number of halogens is 5. The topological polar surface area (TPSA) is 77.2 Å². The van der Waals surface area contributed by atoms with E-state index in [2.05, 4.69) is 20.3 Å². The Morgan fingerprint density at radius 1 is 1.09 bits per heavy atom. The summed E-state index contributed by atoms with van der Waals surface area (Å²) in [4.78, 5) is 27.9. The Bertz CT molecular complexity index is 1200. The summed E-state index contributed by atoms with van der Waals surface area (Å²) in [5.41, 5.74) is 1.16. The molecule has 34 heavy (non-hydrogen) atoms. The lowest BCUT2D eigenvalue weighted by molar-refractivity contribution is -0.195. The number of fused-ring (bicyclic) bond motifs is 1. The van der Waals surface area contributed by atoms with Gasteiger partial charge in [-0.3, -0.25) is 4.79 Å². The molecule has 3 atom stereocenters. The maximum Gasteiger partial charge on any atom is 0.393 e. The third-order valence-corrected chi connectivity index (χ3v) is 6.91. The highest BCUT2D eigenvalue weighted by atomic mass is 35.5. The lowest BCUT2D eigenvalue weighted by Crippen LogP contribution is -2.58. The van der Waals surface area contributed by atoms with Crippen molar-refractivity contribution in [1.29, 1.82) is 0 Å². The number of likely N-dealkylation sites (tertiary alicyclic amines) is 1. The van der Waals surface area contributed by atoms with Gasteiger partial charge in [0.05, 0.1) is 17.3 Å². The first-order chi connectivity index (χ1) is 16.2. The third-order valence-electron chi connectivity index (χ3n) is 6.48. The summed E-state index contributed by atoms with van der Waals surface area (Å²) in [6.45, 7) is 0.435. The fraction of sp³-hybridized carbons (Fsp3) is 0.409. The number of carbonyl (C=O) groups excluding carboxylic acids is 1. The van der Waals surface area contributed by atoms with Gasteiger partial charge in [-0.15, -0.1) is 0 Å². The highest BCUT2D eigenvalue weighted by Crippen LogP contribution is 2.40. The lowest BCUT2D eigenvalue weighted by Gasteiger charge is -2.44. The highest BCUT2D eigenvalue weighted by molar-refractivity contribution is 6.35. The summed E-state index contributed by atoms with van der Waals surface area (Å²) in [6.07, 6.45) is -1.07. The van der Waals surface area contributed by atoms with Gasteiger partial charge in [0.1, 0.15) is 23.8 Å². The first kappa shape index (κ1) is 23.0. The number of hydrogen-bond donors (Lipinski definition) is 2. The Balaban J connectivity index is 1.39. The van der Waals surface area contributed by atoms with E-state index in [1.165, 1.54) is 11.2 Å². The van der Waals surface area contributed by atoms with Crippen LogP contribution in [0.4, 0.5) is 24.7 Å². The van der Waals surface area contributed by atoms with E-state index in [1.807, 2.05) is 4.90 Å². The first-order valence-electron chi connectivity index (χ1n) is 10.8. The quantitative estimate of drug-likeness (QED) is 0.528. The molecule has 0 spiro atoms. The number of alkyl halides is 3. The minimum atomic E-state index is -4.42. The number of benzene rings is 1. The molecule has 2 saturated heterocycles. The number of piperidine rings is 1. The second-order valence-electron chi connectivity index (χ2n) is 8.56. The molecule has 2 fully saturated rings. The third kappa shape index (κ3) is 4.36. The molecule has 1 amide bonds. The summed E-state index contributed by atoms with van der Waals surface area (Å²) in [5, 5.41) is 4.61. The molecule has 12 heteroatoms. The Hall–Kier alpha value is -2.72. The second-order valence-corrected chi connectivity index (χ2v) is 9.44. The number of anilines is 2. The zero-order valence-corrected chi connectivity index (χ0v) is 19.3.